The maximum absolute atomic E-state index is 5.04. The van der Waals surface area contributed by atoms with E-state index in [1.54, 1.807) is 17.6 Å². The van der Waals surface area contributed by atoms with Gasteiger partial charge in [0.25, 0.3) is 0 Å². The molecule has 1 aliphatic heterocycles. The Labute approximate surface area is 56.1 Å². The zero-order valence-electron chi connectivity index (χ0n) is 4.70. The number of aromatic nitrogens is 1. The lowest BCUT2D eigenvalue weighted by molar-refractivity contribution is 0.346. The van der Waals surface area contributed by atoms with E-state index in [2.05, 4.69) is 4.98 Å². The van der Waals surface area contributed by atoms with E-state index in [9.17, 15) is 0 Å². The summed E-state index contributed by atoms with van der Waals surface area (Å²) in [5, 5.41) is 1.06. The average Bonchev–Trinajstić information content (AvgIpc) is 2.33. The Kier molecular flexibility index (Phi) is 1.02. The van der Waals surface area contributed by atoms with E-state index in [1.807, 2.05) is 11.6 Å². The molecule has 9 heavy (non-hydrogen) atoms. The van der Waals surface area contributed by atoms with Crippen molar-refractivity contribution in [3.8, 4) is 0 Å². The molecule has 0 unspecified atom stereocenters. The largest absolute Gasteiger partial charge is 0.495 e. The van der Waals surface area contributed by atoms with Gasteiger partial charge in [0.2, 0.25) is 0 Å². The Hall–Kier alpha value is -0.830. The molecule has 3 heteroatoms. The van der Waals surface area contributed by atoms with Crippen LogP contribution in [0, 0.1) is 0 Å². The highest BCUT2D eigenvalue weighted by Crippen LogP contribution is 1.84. The Balaban J connectivity index is 2.89. The second-order valence-corrected chi connectivity index (χ2v) is 2.64. The standard InChI is InChI=1S/C6H5NOS/c1-2-8-3-6-5(1)7-4-9-6/h1,3-4H,2H2. The zero-order chi connectivity index (χ0) is 6.10. The molecule has 1 aromatic heterocycles. The van der Waals surface area contributed by atoms with Crippen molar-refractivity contribution < 1.29 is 4.74 Å². The molecule has 0 radical (unpaired) electrons. The van der Waals surface area contributed by atoms with Gasteiger partial charge >= 0.3 is 0 Å². The van der Waals surface area contributed by atoms with Crippen LogP contribution in [0.4, 0.5) is 0 Å². The number of thiazole rings is 1. The van der Waals surface area contributed by atoms with Crippen molar-refractivity contribution in [2.75, 3.05) is 6.61 Å². The molecule has 0 spiro atoms. The van der Waals surface area contributed by atoms with Crippen molar-refractivity contribution in [2.45, 2.75) is 0 Å². The summed E-state index contributed by atoms with van der Waals surface area (Å²) in [6.07, 6.45) is 3.73. The molecule has 2 heterocycles. The number of hydrogen-bond acceptors (Lipinski definition) is 3. The molecule has 0 aromatic carbocycles. The minimum atomic E-state index is 0.663. The lowest BCUT2D eigenvalue weighted by Gasteiger charge is -1.95. The van der Waals surface area contributed by atoms with E-state index in [0.717, 1.165) is 9.88 Å². The van der Waals surface area contributed by atoms with Crippen molar-refractivity contribution >= 4 is 23.7 Å². The van der Waals surface area contributed by atoms with Crippen molar-refractivity contribution in [2.24, 2.45) is 0 Å². The second-order valence-electron chi connectivity index (χ2n) is 1.76. The highest BCUT2D eigenvalue weighted by atomic mass is 32.1. The van der Waals surface area contributed by atoms with E-state index in [0.29, 0.717) is 6.61 Å². The Morgan fingerprint density at radius 2 is 2.67 bits per heavy atom. The third-order valence-electron chi connectivity index (χ3n) is 1.19. The molecule has 2 rings (SSSR count). The van der Waals surface area contributed by atoms with Crippen molar-refractivity contribution in [3.05, 3.63) is 15.4 Å². The van der Waals surface area contributed by atoms with Gasteiger partial charge in [0.15, 0.2) is 0 Å². The third kappa shape index (κ3) is 0.733. The summed E-state index contributed by atoms with van der Waals surface area (Å²) in [5.74, 6) is 0. The minimum absolute atomic E-state index is 0.663. The molecule has 0 saturated carbocycles. The van der Waals surface area contributed by atoms with Crippen LogP contribution < -0.4 is 9.88 Å². The lowest BCUT2D eigenvalue weighted by atomic mass is 10.5. The predicted molar refractivity (Wildman–Crippen MR) is 36.2 cm³/mol. The summed E-state index contributed by atoms with van der Waals surface area (Å²) < 4.78 is 6.17. The third-order valence-corrected chi connectivity index (χ3v) is 1.96. The highest BCUT2D eigenvalue weighted by Gasteiger charge is 1.92. The normalized spacial score (nSPS) is 14.7. The molecular weight excluding hydrogens is 134 g/mol. The van der Waals surface area contributed by atoms with Crippen LogP contribution in [0.2, 0.25) is 0 Å². The van der Waals surface area contributed by atoms with Crippen molar-refractivity contribution in [1.82, 2.24) is 4.98 Å². The summed E-state index contributed by atoms with van der Waals surface area (Å²) in [5.41, 5.74) is 1.83. The van der Waals surface area contributed by atoms with Gasteiger partial charge < -0.3 is 4.74 Å². The fourth-order valence-electron chi connectivity index (χ4n) is 0.756. The molecule has 0 amide bonds. The first-order valence-electron chi connectivity index (χ1n) is 2.68. The molecular formula is C6H5NOS. The van der Waals surface area contributed by atoms with E-state index >= 15 is 0 Å². The Morgan fingerprint density at radius 3 is 3.56 bits per heavy atom. The van der Waals surface area contributed by atoms with Crippen LogP contribution in [0.3, 0.4) is 0 Å². The van der Waals surface area contributed by atoms with Crippen LogP contribution in [0.1, 0.15) is 0 Å². The number of hydrogen-bond donors (Lipinski definition) is 0. The van der Waals surface area contributed by atoms with Gasteiger partial charge in [-0.25, -0.2) is 4.98 Å². The summed E-state index contributed by atoms with van der Waals surface area (Å²) in [4.78, 5) is 4.11. The van der Waals surface area contributed by atoms with Crippen LogP contribution in [0.25, 0.3) is 12.3 Å². The molecule has 0 fully saturated rings. The van der Waals surface area contributed by atoms with E-state index in [-0.39, 0.29) is 0 Å². The minimum Gasteiger partial charge on any atom is -0.495 e. The molecule has 0 aliphatic carbocycles. The molecule has 1 aliphatic rings. The Bertz CT molecular complexity index is 284. The maximum Gasteiger partial charge on any atom is 0.108 e. The molecule has 46 valence electrons. The van der Waals surface area contributed by atoms with Crippen molar-refractivity contribution in [1.29, 1.82) is 0 Å². The topological polar surface area (TPSA) is 22.1 Å². The summed E-state index contributed by atoms with van der Waals surface area (Å²) in [7, 11) is 0. The fraction of sp³-hybridized carbons (Fsp3) is 0.167. The number of nitrogens with zero attached hydrogens (tertiary/aromatic N) is 1. The second kappa shape index (κ2) is 1.84. The van der Waals surface area contributed by atoms with Gasteiger partial charge in [0.1, 0.15) is 12.9 Å². The molecule has 2 nitrogen and oxygen atoms in total. The van der Waals surface area contributed by atoms with Gasteiger partial charge in [-0.3, -0.25) is 0 Å². The summed E-state index contributed by atoms with van der Waals surface area (Å²) in [6.45, 7) is 0.663. The quantitative estimate of drug-likeness (QED) is 0.492. The Morgan fingerprint density at radius 1 is 1.67 bits per heavy atom. The van der Waals surface area contributed by atoms with Crippen molar-refractivity contribution in [3.63, 3.8) is 0 Å². The van der Waals surface area contributed by atoms with Crippen LogP contribution >= 0.6 is 11.3 Å². The molecule has 0 atom stereocenters. The highest BCUT2D eigenvalue weighted by molar-refractivity contribution is 7.07. The van der Waals surface area contributed by atoms with E-state index in [1.165, 1.54) is 0 Å². The van der Waals surface area contributed by atoms with Crippen LogP contribution in [0.15, 0.2) is 5.51 Å². The van der Waals surface area contributed by atoms with Gasteiger partial charge in [-0.1, -0.05) is 0 Å². The first kappa shape index (κ1) is 4.99. The number of ether oxygens (including phenoxy) is 1. The molecule has 0 saturated heterocycles. The predicted octanol–water partition coefficient (Wildman–Crippen LogP) is -0.308. The first-order chi connectivity index (χ1) is 4.47. The lowest BCUT2D eigenvalue weighted by Crippen LogP contribution is -2.24. The van der Waals surface area contributed by atoms with E-state index < -0.39 is 0 Å². The monoisotopic (exact) mass is 139 g/mol. The molecule has 0 N–H and O–H groups in total. The van der Waals surface area contributed by atoms with Crippen LogP contribution in [0.5, 0.6) is 0 Å². The van der Waals surface area contributed by atoms with Gasteiger partial charge in [-0.2, -0.15) is 0 Å². The van der Waals surface area contributed by atoms with Gasteiger partial charge in [-0.05, 0) is 6.08 Å². The summed E-state index contributed by atoms with van der Waals surface area (Å²) in [6, 6.07) is 0. The van der Waals surface area contributed by atoms with Gasteiger partial charge in [-0.15, -0.1) is 11.3 Å². The van der Waals surface area contributed by atoms with Crippen LogP contribution in [-0.4, -0.2) is 11.6 Å². The van der Waals surface area contributed by atoms with E-state index in [4.69, 9.17) is 4.74 Å². The summed E-state index contributed by atoms with van der Waals surface area (Å²) >= 11 is 1.60. The average molecular weight is 139 g/mol. The molecule has 1 aromatic rings. The fourth-order valence-corrected chi connectivity index (χ4v) is 1.42. The SMILES string of the molecule is C1=c2ncsc2=COC1. The number of fused-ring (bicyclic) bond motifs is 1. The van der Waals surface area contributed by atoms with Gasteiger partial charge in [0.05, 0.1) is 15.4 Å². The first-order valence-corrected chi connectivity index (χ1v) is 3.56. The zero-order valence-corrected chi connectivity index (χ0v) is 5.52. The molecule has 0 bridgehead atoms. The maximum atomic E-state index is 5.04. The number of rotatable bonds is 0. The van der Waals surface area contributed by atoms with Gasteiger partial charge in [0, 0.05) is 0 Å². The smallest absolute Gasteiger partial charge is 0.108 e. The van der Waals surface area contributed by atoms with Crippen LogP contribution in [-0.2, 0) is 4.74 Å².